The lowest BCUT2D eigenvalue weighted by molar-refractivity contribution is -0.118. The van der Waals surface area contributed by atoms with E-state index in [0.29, 0.717) is 0 Å². The molecule has 0 saturated carbocycles. The second-order valence-electron chi connectivity index (χ2n) is 4.18. The van der Waals surface area contributed by atoms with Crippen LogP contribution in [0.1, 0.15) is 0 Å². The van der Waals surface area contributed by atoms with Crippen LogP contribution in [-0.4, -0.2) is 18.5 Å². The summed E-state index contributed by atoms with van der Waals surface area (Å²) in [6, 6.07) is 16.6. The van der Waals surface area contributed by atoms with E-state index in [1.807, 2.05) is 59.9 Å². The molecule has 0 heterocycles. The summed E-state index contributed by atoms with van der Waals surface area (Å²) in [6.45, 7) is -0.0210. The van der Waals surface area contributed by atoms with Crippen LogP contribution in [0.25, 0.3) is 11.1 Å². The van der Waals surface area contributed by atoms with Gasteiger partial charge in [-0.25, -0.2) is 4.79 Å². The van der Waals surface area contributed by atoms with Gasteiger partial charge in [-0.3, -0.25) is 10.1 Å². The fourth-order valence-electron chi connectivity index (χ4n) is 1.86. The number of primary amides is 1. The summed E-state index contributed by atoms with van der Waals surface area (Å²) in [4.78, 5) is 22.0. The molecule has 0 unspecified atom stereocenters. The van der Waals surface area contributed by atoms with Crippen molar-refractivity contribution in [1.29, 1.82) is 0 Å². The summed E-state index contributed by atoms with van der Waals surface area (Å²) in [6.07, 6.45) is 0. The average molecular weight is 269 g/mol. The maximum absolute atomic E-state index is 11.4. The third kappa shape index (κ3) is 3.58. The molecule has 4 N–H and O–H groups in total. The third-order valence-electron chi connectivity index (χ3n) is 2.71. The van der Waals surface area contributed by atoms with Crippen LogP contribution in [0.4, 0.5) is 10.5 Å². The lowest BCUT2D eigenvalue weighted by atomic mass is 10.0. The standard InChI is InChI=1S/C15H15N3O2/c16-15(20)18-14(19)10-17-13-9-5-4-8-12(13)11-6-2-1-3-7-11/h1-9,17H,10H2,(H3,16,18,19,20). The Labute approximate surface area is 116 Å². The van der Waals surface area contributed by atoms with E-state index in [2.05, 4.69) is 5.32 Å². The number of imide groups is 1. The van der Waals surface area contributed by atoms with Crippen LogP contribution in [0.15, 0.2) is 54.6 Å². The Morgan fingerprint density at radius 2 is 1.60 bits per heavy atom. The van der Waals surface area contributed by atoms with Crippen molar-refractivity contribution in [2.75, 3.05) is 11.9 Å². The van der Waals surface area contributed by atoms with Gasteiger partial charge < -0.3 is 11.1 Å². The van der Waals surface area contributed by atoms with Gasteiger partial charge in [-0.2, -0.15) is 0 Å². The Morgan fingerprint density at radius 1 is 0.950 bits per heavy atom. The number of anilines is 1. The Balaban J connectivity index is 2.13. The van der Waals surface area contributed by atoms with E-state index in [0.717, 1.165) is 16.8 Å². The second kappa shape index (κ2) is 6.38. The van der Waals surface area contributed by atoms with Crippen molar-refractivity contribution in [1.82, 2.24) is 5.32 Å². The van der Waals surface area contributed by atoms with Crippen LogP contribution in [0.5, 0.6) is 0 Å². The Hall–Kier alpha value is -2.82. The minimum absolute atomic E-state index is 0.0210. The topological polar surface area (TPSA) is 84.2 Å². The molecule has 0 saturated heterocycles. The Morgan fingerprint density at radius 3 is 2.30 bits per heavy atom. The monoisotopic (exact) mass is 269 g/mol. The van der Waals surface area contributed by atoms with E-state index in [1.54, 1.807) is 0 Å². The Kier molecular flexibility index (Phi) is 4.34. The number of hydrogen-bond donors (Lipinski definition) is 3. The molecule has 20 heavy (non-hydrogen) atoms. The molecule has 2 rings (SSSR count). The highest BCUT2D eigenvalue weighted by Gasteiger charge is 2.07. The van der Waals surface area contributed by atoms with Crippen molar-refractivity contribution < 1.29 is 9.59 Å². The maximum atomic E-state index is 11.4. The summed E-state index contributed by atoms with van der Waals surface area (Å²) in [5, 5.41) is 5.01. The highest BCUT2D eigenvalue weighted by Crippen LogP contribution is 2.27. The van der Waals surface area contributed by atoms with Gasteiger partial charge in [-0.05, 0) is 11.6 Å². The highest BCUT2D eigenvalue weighted by molar-refractivity contribution is 5.96. The van der Waals surface area contributed by atoms with Crippen molar-refractivity contribution in [3.8, 4) is 11.1 Å². The molecule has 2 aromatic carbocycles. The van der Waals surface area contributed by atoms with E-state index >= 15 is 0 Å². The molecule has 102 valence electrons. The minimum Gasteiger partial charge on any atom is -0.376 e. The first-order chi connectivity index (χ1) is 9.66. The van der Waals surface area contributed by atoms with Crippen molar-refractivity contribution in [2.24, 2.45) is 5.73 Å². The van der Waals surface area contributed by atoms with E-state index in [9.17, 15) is 9.59 Å². The zero-order valence-electron chi connectivity index (χ0n) is 10.8. The number of carbonyl (C=O) groups excluding carboxylic acids is 2. The van der Waals surface area contributed by atoms with Gasteiger partial charge >= 0.3 is 6.03 Å². The second-order valence-corrected chi connectivity index (χ2v) is 4.18. The summed E-state index contributed by atoms with van der Waals surface area (Å²) in [7, 11) is 0. The number of urea groups is 1. The first kappa shape index (κ1) is 13.6. The van der Waals surface area contributed by atoms with Crippen LogP contribution >= 0.6 is 0 Å². The Bertz CT molecular complexity index is 612. The summed E-state index contributed by atoms with van der Waals surface area (Å²) < 4.78 is 0. The molecular formula is C15H15N3O2. The molecular weight excluding hydrogens is 254 g/mol. The number of rotatable bonds is 4. The molecule has 0 aliphatic heterocycles. The first-order valence-corrected chi connectivity index (χ1v) is 6.14. The molecule has 0 atom stereocenters. The number of nitrogens with two attached hydrogens (primary N) is 1. The van der Waals surface area contributed by atoms with Gasteiger partial charge in [-0.1, -0.05) is 48.5 Å². The van der Waals surface area contributed by atoms with Crippen molar-refractivity contribution in [3.05, 3.63) is 54.6 Å². The van der Waals surface area contributed by atoms with Crippen LogP contribution in [0, 0.1) is 0 Å². The normalized spacial score (nSPS) is 9.80. The lowest BCUT2D eigenvalue weighted by Crippen LogP contribution is -2.38. The molecule has 2 aromatic rings. The largest absolute Gasteiger partial charge is 0.376 e. The van der Waals surface area contributed by atoms with Crippen LogP contribution in [0.2, 0.25) is 0 Å². The van der Waals surface area contributed by atoms with Gasteiger partial charge in [0, 0.05) is 11.3 Å². The number of carbonyl (C=O) groups is 2. The fourth-order valence-corrected chi connectivity index (χ4v) is 1.86. The van der Waals surface area contributed by atoms with Crippen LogP contribution in [-0.2, 0) is 4.79 Å². The predicted molar refractivity (Wildman–Crippen MR) is 78.1 cm³/mol. The number of para-hydroxylation sites is 1. The molecule has 0 radical (unpaired) electrons. The van der Waals surface area contributed by atoms with E-state index in [4.69, 9.17) is 5.73 Å². The molecule has 0 fully saturated rings. The predicted octanol–water partition coefficient (Wildman–Crippen LogP) is 1.96. The van der Waals surface area contributed by atoms with E-state index in [-0.39, 0.29) is 6.54 Å². The fraction of sp³-hybridized carbons (Fsp3) is 0.0667. The molecule has 0 bridgehead atoms. The molecule has 0 aliphatic carbocycles. The van der Waals surface area contributed by atoms with Crippen molar-refractivity contribution in [3.63, 3.8) is 0 Å². The summed E-state index contributed by atoms with van der Waals surface area (Å²) >= 11 is 0. The van der Waals surface area contributed by atoms with Gasteiger partial charge in [0.25, 0.3) is 0 Å². The summed E-state index contributed by atoms with van der Waals surface area (Å²) in [5.41, 5.74) is 7.74. The van der Waals surface area contributed by atoms with Crippen molar-refractivity contribution >= 4 is 17.6 Å². The smallest absolute Gasteiger partial charge is 0.318 e. The minimum atomic E-state index is -0.854. The third-order valence-corrected chi connectivity index (χ3v) is 2.71. The number of amides is 3. The van der Waals surface area contributed by atoms with E-state index < -0.39 is 11.9 Å². The molecule has 5 nitrogen and oxygen atoms in total. The number of nitrogens with one attached hydrogen (secondary N) is 2. The van der Waals surface area contributed by atoms with E-state index in [1.165, 1.54) is 0 Å². The van der Waals surface area contributed by atoms with Gasteiger partial charge in [0.05, 0.1) is 6.54 Å². The molecule has 5 heteroatoms. The lowest BCUT2D eigenvalue weighted by Gasteiger charge is -2.11. The number of hydrogen-bond acceptors (Lipinski definition) is 3. The van der Waals surface area contributed by atoms with Crippen LogP contribution in [0.3, 0.4) is 0 Å². The zero-order chi connectivity index (χ0) is 14.4. The van der Waals surface area contributed by atoms with Gasteiger partial charge in [0.2, 0.25) is 5.91 Å². The highest BCUT2D eigenvalue weighted by atomic mass is 16.2. The first-order valence-electron chi connectivity index (χ1n) is 6.14. The number of benzene rings is 2. The maximum Gasteiger partial charge on any atom is 0.318 e. The van der Waals surface area contributed by atoms with Gasteiger partial charge in [0.15, 0.2) is 0 Å². The van der Waals surface area contributed by atoms with Gasteiger partial charge in [-0.15, -0.1) is 0 Å². The molecule has 3 amide bonds. The molecule has 0 spiro atoms. The van der Waals surface area contributed by atoms with Crippen LogP contribution < -0.4 is 16.4 Å². The quantitative estimate of drug-likeness (QED) is 0.793. The summed E-state index contributed by atoms with van der Waals surface area (Å²) in [5.74, 6) is -0.472. The zero-order valence-corrected chi connectivity index (χ0v) is 10.8. The SMILES string of the molecule is NC(=O)NC(=O)CNc1ccccc1-c1ccccc1. The molecule has 0 aliphatic rings. The molecule has 0 aromatic heterocycles. The average Bonchev–Trinajstić information content (AvgIpc) is 2.46. The van der Waals surface area contributed by atoms with Gasteiger partial charge in [0.1, 0.15) is 0 Å². The van der Waals surface area contributed by atoms with Crippen molar-refractivity contribution in [2.45, 2.75) is 0 Å².